The maximum absolute atomic E-state index is 10.3. The molecule has 0 radical (unpaired) electrons. The van der Waals surface area contributed by atoms with Gasteiger partial charge in [-0.25, -0.2) is 9.59 Å². The van der Waals surface area contributed by atoms with Gasteiger partial charge in [0.15, 0.2) is 0 Å². The smallest absolute Gasteiger partial charge is 0.328 e. The molecule has 2 atom stereocenters. The van der Waals surface area contributed by atoms with Gasteiger partial charge in [-0.15, -0.1) is 0 Å². The summed E-state index contributed by atoms with van der Waals surface area (Å²) in [5, 5.41) is 50.7. The van der Waals surface area contributed by atoms with Crippen molar-refractivity contribution >= 4 is 22.7 Å². The van der Waals surface area contributed by atoms with E-state index < -0.39 is 18.0 Å². The van der Waals surface area contributed by atoms with Crippen molar-refractivity contribution < 1.29 is 35.1 Å². The first kappa shape index (κ1) is 25.4. The number of hydrogen-bond acceptors (Lipinski definition) is 6. The molecule has 0 aliphatic rings. The van der Waals surface area contributed by atoms with Gasteiger partial charge in [-0.3, -0.25) is 0 Å². The van der Waals surface area contributed by atoms with Gasteiger partial charge in [-0.2, -0.15) is 0 Å². The lowest BCUT2D eigenvalue weighted by Gasteiger charge is -2.18. The van der Waals surface area contributed by atoms with Crippen LogP contribution in [0.1, 0.15) is 24.2 Å². The number of hydrogen-bond donors (Lipinski definition) is 6. The van der Waals surface area contributed by atoms with E-state index in [1.807, 2.05) is 12.1 Å². The van der Waals surface area contributed by atoms with Gasteiger partial charge in [-0.05, 0) is 47.4 Å². The minimum atomic E-state index is -1.26. The standard InChI is InChI=1S/C21H23NO3.C4H4O4/c1-14(9-16-7-4-6-15-5-2-3-8-20(15)16)22-13-21(25)17-10-18(23)12-19(24)11-17;5-3(6)1-2-4(7)8/h2-8,10-12,14,21-25H,9,13H2,1H3;1-2H,(H,5,6)(H,7,8)/t14-,21-;/m1./s1. The van der Waals surface area contributed by atoms with E-state index in [1.54, 1.807) is 0 Å². The second kappa shape index (κ2) is 12.2. The van der Waals surface area contributed by atoms with E-state index in [-0.39, 0.29) is 17.5 Å². The minimum absolute atomic E-state index is 0.0575. The number of phenols is 2. The van der Waals surface area contributed by atoms with Gasteiger partial charge in [0.25, 0.3) is 0 Å². The first-order valence-corrected chi connectivity index (χ1v) is 10.2. The quantitative estimate of drug-likeness (QED) is 0.285. The summed E-state index contributed by atoms with van der Waals surface area (Å²) in [5.74, 6) is -2.63. The Morgan fingerprint density at radius 1 is 0.909 bits per heavy atom. The summed E-state index contributed by atoms with van der Waals surface area (Å²) in [4.78, 5) is 19.1. The Labute approximate surface area is 191 Å². The van der Waals surface area contributed by atoms with Gasteiger partial charge in [0.1, 0.15) is 11.5 Å². The summed E-state index contributed by atoms with van der Waals surface area (Å²) in [6.07, 6.45) is 1.16. The number of carboxylic acid groups (broad SMARTS) is 2. The van der Waals surface area contributed by atoms with E-state index in [0.29, 0.717) is 24.3 Å². The summed E-state index contributed by atoms with van der Waals surface area (Å²) >= 11 is 0. The van der Waals surface area contributed by atoms with Gasteiger partial charge in [0, 0.05) is 30.8 Å². The molecule has 0 bridgehead atoms. The number of phenolic OH excluding ortho intramolecular Hbond substituents is 2. The fourth-order valence-corrected chi connectivity index (χ4v) is 3.26. The average molecular weight is 453 g/mol. The Morgan fingerprint density at radius 3 is 2.09 bits per heavy atom. The van der Waals surface area contributed by atoms with E-state index in [1.165, 1.54) is 34.5 Å². The molecule has 0 unspecified atom stereocenters. The van der Waals surface area contributed by atoms with Crippen LogP contribution in [0.15, 0.2) is 72.8 Å². The number of aliphatic carboxylic acids is 2. The van der Waals surface area contributed by atoms with Gasteiger partial charge in [0.05, 0.1) is 6.10 Å². The number of aromatic hydroxyl groups is 2. The molecule has 0 fully saturated rings. The maximum Gasteiger partial charge on any atom is 0.328 e. The van der Waals surface area contributed by atoms with Crippen molar-refractivity contribution in [3.8, 4) is 11.5 Å². The Bertz CT molecular complexity index is 1090. The molecular weight excluding hydrogens is 426 g/mol. The number of benzene rings is 3. The second-order valence-electron chi connectivity index (χ2n) is 7.46. The molecule has 6 N–H and O–H groups in total. The summed E-state index contributed by atoms with van der Waals surface area (Å²) in [5.41, 5.74) is 1.75. The van der Waals surface area contributed by atoms with E-state index in [4.69, 9.17) is 10.2 Å². The molecule has 174 valence electrons. The summed E-state index contributed by atoms with van der Waals surface area (Å²) < 4.78 is 0. The molecule has 0 aliphatic carbocycles. The molecular formula is C25H27NO7. The van der Waals surface area contributed by atoms with Crippen LogP contribution < -0.4 is 5.32 Å². The monoisotopic (exact) mass is 453 g/mol. The normalized spacial score (nSPS) is 12.7. The van der Waals surface area contributed by atoms with Crippen LogP contribution in [0.4, 0.5) is 0 Å². The molecule has 33 heavy (non-hydrogen) atoms. The van der Waals surface area contributed by atoms with Crippen LogP contribution in [0.5, 0.6) is 11.5 Å². The molecule has 8 nitrogen and oxygen atoms in total. The number of fused-ring (bicyclic) bond motifs is 1. The highest BCUT2D eigenvalue weighted by Crippen LogP contribution is 2.25. The zero-order chi connectivity index (χ0) is 24.4. The molecule has 0 saturated heterocycles. The van der Waals surface area contributed by atoms with Crippen molar-refractivity contribution in [3.63, 3.8) is 0 Å². The van der Waals surface area contributed by atoms with Crippen molar-refractivity contribution in [1.82, 2.24) is 5.32 Å². The van der Waals surface area contributed by atoms with Gasteiger partial charge < -0.3 is 30.8 Å². The molecule has 8 heteroatoms. The number of aliphatic hydroxyl groups excluding tert-OH is 1. The Balaban J connectivity index is 0.000000414. The zero-order valence-electron chi connectivity index (χ0n) is 18.0. The van der Waals surface area contributed by atoms with Gasteiger partial charge >= 0.3 is 11.9 Å². The maximum atomic E-state index is 10.3. The SMILES string of the molecule is C[C@H](Cc1cccc2ccccc12)NC[C@@H](O)c1cc(O)cc(O)c1.O=C(O)C=CC(=O)O. The number of nitrogens with one attached hydrogen (secondary N) is 1. The van der Waals surface area contributed by atoms with Gasteiger partial charge in [-0.1, -0.05) is 42.5 Å². The number of carbonyl (C=O) groups is 2. The number of aliphatic hydroxyl groups is 1. The molecule has 3 aromatic carbocycles. The van der Waals surface area contributed by atoms with Crippen LogP contribution in [-0.2, 0) is 16.0 Å². The summed E-state index contributed by atoms with van der Waals surface area (Å²) in [6.45, 7) is 2.42. The van der Waals surface area contributed by atoms with Crippen molar-refractivity contribution in [2.45, 2.75) is 25.5 Å². The van der Waals surface area contributed by atoms with Crippen LogP contribution in [0.3, 0.4) is 0 Å². The molecule has 0 saturated carbocycles. The largest absolute Gasteiger partial charge is 0.508 e. The molecule has 3 rings (SSSR count). The highest BCUT2D eigenvalue weighted by Gasteiger charge is 2.12. The van der Waals surface area contributed by atoms with E-state index in [2.05, 4.69) is 42.6 Å². The highest BCUT2D eigenvalue weighted by molar-refractivity contribution is 5.89. The lowest BCUT2D eigenvalue weighted by atomic mass is 9.99. The van der Waals surface area contributed by atoms with Crippen LogP contribution in [-0.4, -0.2) is 50.1 Å². The number of carboxylic acids is 2. The summed E-state index contributed by atoms with van der Waals surface area (Å²) in [7, 11) is 0. The van der Waals surface area contributed by atoms with E-state index in [0.717, 1.165) is 6.42 Å². The molecule has 0 aromatic heterocycles. The van der Waals surface area contributed by atoms with Gasteiger partial charge in [0.2, 0.25) is 0 Å². The van der Waals surface area contributed by atoms with Crippen molar-refractivity contribution in [2.24, 2.45) is 0 Å². The Morgan fingerprint density at radius 2 is 1.48 bits per heavy atom. The zero-order valence-corrected chi connectivity index (χ0v) is 18.0. The van der Waals surface area contributed by atoms with Crippen molar-refractivity contribution in [3.05, 3.63) is 83.9 Å². The van der Waals surface area contributed by atoms with Crippen molar-refractivity contribution in [1.29, 1.82) is 0 Å². The fourth-order valence-electron chi connectivity index (χ4n) is 3.26. The fraction of sp³-hybridized carbons (Fsp3) is 0.200. The minimum Gasteiger partial charge on any atom is -0.508 e. The Kier molecular flexibility index (Phi) is 9.41. The third-order valence-electron chi connectivity index (χ3n) is 4.74. The molecule has 3 aromatic rings. The molecule has 0 aliphatic heterocycles. The predicted molar refractivity (Wildman–Crippen MR) is 124 cm³/mol. The first-order valence-electron chi connectivity index (χ1n) is 10.2. The van der Waals surface area contributed by atoms with E-state index in [9.17, 15) is 24.9 Å². The van der Waals surface area contributed by atoms with Crippen LogP contribution in [0.25, 0.3) is 10.8 Å². The van der Waals surface area contributed by atoms with Crippen molar-refractivity contribution in [2.75, 3.05) is 6.54 Å². The third kappa shape index (κ3) is 8.64. The topological polar surface area (TPSA) is 147 Å². The highest BCUT2D eigenvalue weighted by atomic mass is 16.4. The number of rotatable bonds is 8. The van der Waals surface area contributed by atoms with E-state index >= 15 is 0 Å². The Hall–Kier alpha value is -3.88. The molecule has 0 heterocycles. The lowest BCUT2D eigenvalue weighted by Crippen LogP contribution is -2.32. The van der Waals surface area contributed by atoms with Crippen LogP contribution in [0, 0.1) is 0 Å². The second-order valence-corrected chi connectivity index (χ2v) is 7.46. The van der Waals surface area contributed by atoms with Crippen LogP contribution in [0.2, 0.25) is 0 Å². The third-order valence-corrected chi connectivity index (χ3v) is 4.74. The lowest BCUT2D eigenvalue weighted by molar-refractivity contribution is -0.134. The average Bonchev–Trinajstić information content (AvgIpc) is 2.76. The molecule has 0 amide bonds. The van der Waals surface area contributed by atoms with Crippen LogP contribution >= 0.6 is 0 Å². The summed E-state index contributed by atoms with van der Waals surface area (Å²) in [6, 6.07) is 18.9. The predicted octanol–water partition coefficient (Wildman–Crippen LogP) is 3.22. The molecule has 0 spiro atoms. The first-order chi connectivity index (χ1) is 15.7.